The quantitative estimate of drug-likeness (QED) is 0.844. The topological polar surface area (TPSA) is 50.7 Å². The molecule has 0 fully saturated rings. The van der Waals surface area contributed by atoms with Crippen LogP contribution in [-0.2, 0) is 6.42 Å². The van der Waals surface area contributed by atoms with Gasteiger partial charge in [-0.1, -0.05) is 12.1 Å². The smallest absolute Gasteiger partial charge is 0.161 e. The van der Waals surface area contributed by atoms with Gasteiger partial charge in [0.25, 0.3) is 0 Å². The Balaban J connectivity index is 1.76. The summed E-state index contributed by atoms with van der Waals surface area (Å²) in [5, 5.41) is 13.3. The Morgan fingerprint density at radius 1 is 1.00 bits per heavy atom. The first-order valence-electron chi connectivity index (χ1n) is 7.26. The second kappa shape index (κ2) is 4.97. The molecular formula is C17H17NO3. The molecule has 0 bridgehead atoms. The highest BCUT2D eigenvalue weighted by atomic mass is 16.6. The van der Waals surface area contributed by atoms with Crippen molar-refractivity contribution in [1.29, 1.82) is 0 Å². The van der Waals surface area contributed by atoms with Gasteiger partial charge in [-0.2, -0.15) is 0 Å². The van der Waals surface area contributed by atoms with Crippen LogP contribution in [0.3, 0.4) is 0 Å². The lowest BCUT2D eigenvalue weighted by Gasteiger charge is -2.28. The van der Waals surface area contributed by atoms with Gasteiger partial charge in [0.05, 0.1) is 6.04 Å². The summed E-state index contributed by atoms with van der Waals surface area (Å²) in [6.07, 6.45) is 0.983. The lowest BCUT2D eigenvalue weighted by Crippen LogP contribution is -2.30. The highest BCUT2D eigenvalue weighted by Crippen LogP contribution is 2.36. The van der Waals surface area contributed by atoms with E-state index < -0.39 is 0 Å². The molecule has 2 aromatic rings. The zero-order chi connectivity index (χ0) is 14.2. The summed E-state index contributed by atoms with van der Waals surface area (Å²) in [5.74, 6) is 1.91. The van der Waals surface area contributed by atoms with Gasteiger partial charge >= 0.3 is 0 Å². The summed E-state index contributed by atoms with van der Waals surface area (Å²) in [6, 6.07) is 11.7. The molecule has 2 heterocycles. The molecule has 1 atom stereocenters. The SMILES string of the molecule is Oc1ccc2c(c1)C(c1ccc3c(c1)OCCO3)NCC2. The zero-order valence-corrected chi connectivity index (χ0v) is 11.6. The molecule has 0 aliphatic carbocycles. The third-order valence-electron chi connectivity index (χ3n) is 4.08. The van der Waals surface area contributed by atoms with Crippen molar-refractivity contribution in [3.63, 3.8) is 0 Å². The molecule has 2 aromatic carbocycles. The Bertz CT molecular complexity index is 684. The van der Waals surface area contributed by atoms with Gasteiger partial charge in [0.2, 0.25) is 0 Å². The van der Waals surface area contributed by atoms with Gasteiger partial charge in [0.15, 0.2) is 11.5 Å². The number of fused-ring (bicyclic) bond motifs is 2. The van der Waals surface area contributed by atoms with Crippen LogP contribution in [0, 0.1) is 0 Å². The minimum atomic E-state index is 0.0803. The number of phenols is 1. The molecular weight excluding hydrogens is 266 g/mol. The molecule has 4 nitrogen and oxygen atoms in total. The van der Waals surface area contributed by atoms with Crippen molar-refractivity contribution in [2.24, 2.45) is 0 Å². The average Bonchev–Trinajstić information content (AvgIpc) is 2.54. The van der Waals surface area contributed by atoms with Crippen LogP contribution in [0.5, 0.6) is 17.2 Å². The summed E-state index contributed by atoms with van der Waals surface area (Å²) in [5.41, 5.74) is 3.55. The largest absolute Gasteiger partial charge is 0.508 e. The van der Waals surface area contributed by atoms with Crippen LogP contribution in [0.2, 0.25) is 0 Å². The van der Waals surface area contributed by atoms with Gasteiger partial charge in [-0.05, 0) is 47.4 Å². The summed E-state index contributed by atoms with van der Waals surface area (Å²) < 4.78 is 11.2. The van der Waals surface area contributed by atoms with Crippen LogP contribution in [0.25, 0.3) is 0 Å². The molecule has 0 saturated carbocycles. The van der Waals surface area contributed by atoms with Gasteiger partial charge in [0.1, 0.15) is 19.0 Å². The van der Waals surface area contributed by atoms with E-state index in [-0.39, 0.29) is 6.04 Å². The Morgan fingerprint density at radius 3 is 2.76 bits per heavy atom. The summed E-state index contributed by atoms with van der Waals surface area (Å²) in [6.45, 7) is 2.12. The molecule has 0 amide bonds. The third kappa shape index (κ3) is 2.21. The standard InChI is InChI=1S/C17H17NO3/c19-13-3-1-11-5-6-18-17(14(11)10-13)12-2-4-15-16(9-12)21-8-7-20-15/h1-4,9-10,17-19H,5-8H2. The van der Waals surface area contributed by atoms with Crippen molar-refractivity contribution in [3.8, 4) is 17.2 Å². The fourth-order valence-electron chi connectivity index (χ4n) is 3.08. The normalized spacial score (nSPS) is 19.9. The van der Waals surface area contributed by atoms with Crippen LogP contribution >= 0.6 is 0 Å². The van der Waals surface area contributed by atoms with Gasteiger partial charge in [-0.3, -0.25) is 0 Å². The summed E-state index contributed by atoms with van der Waals surface area (Å²) >= 11 is 0. The molecule has 4 rings (SSSR count). The lowest BCUT2D eigenvalue weighted by atomic mass is 9.89. The maximum absolute atomic E-state index is 9.77. The fourth-order valence-corrected chi connectivity index (χ4v) is 3.08. The van der Waals surface area contributed by atoms with E-state index in [1.165, 1.54) is 5.56 Å². The number of ether oxygens (including phenoxy) is 2. The first kappa shape index (κ1) is 12.5. The van der Waals surface area contributed by atoms with Gasteiger partial charge < -0.3 is 19.9 Å². The van der Waals surface area contributed by atoms with E-state index >= 15 is 0 Å². The van der Waals surface area contributed by atoms with Crippen LogP contribution in [0.4, 0.5) is 0 Å². The van der Waals surface area contributed by atoms with Gasteiger partial charge in [-0.15, -0.1) is 0 Å². The Kier molecular flexibility index (Phi) is 2.97. The van der Waals surface area contributed by atoms with Crippen molar-refractivity contribution in [2.45, 2.75) is 12.5 Å². The van der Waals surface area contributed by atoms with E-state index in [4.69, 9.17) is 9.47 Å². The van der Waals surface area contributed by atoms with Crippen molar-refractivity contribution in [1.82, 2.24) is 5.32 Å². The first-order chi connectivity index (χ1) is 10.3. The number of hydrogen-bond donors (Lipinski definition) is 2. The van der Waals surface area contributed by atoms with Crippen molar-refractivity contribution in [3.05, 3.63) is 53.1 Å². The van der Waals surface area contributed by atoms with Gasteiger partial charge in [0, 0.05) is 6.54 Å². The highest BCUT2D eigenvalue weighted by molar-refractivity contribution is 5.49. The van der Waals surface area contributed by atoms with Gasteiger partial charge in [-0.25, -0.2) is 0 Å². The van der Waals surface area contributed by atoms with Crippen molar-refractivity contribution < 1.29 is 14.6 Å². The van der Waals surface area contributed by atoms with Crippen molar-refractivity contribution >= 4 is 0 Å². The maximum Gasteiger partial charge on any atom is 0.161 e. The minimum Gasteiger partial charge on any atom is -0.508 e. The number of hydrogen-bond acceptors (Lipinski definition) is 4. The first-order valence-corrected chi connectivity index (χ1v) is 7.26. The van der Waals surface area contributed by atoms with Crippen molar-refractivity contribution in [2.75, 3.05) is 19.8 Å². The molecule has 1 unspecified atom stereocenters. The molecule has 2 N–H and O–H groups in total. The predicted octanol–water partition coefficient (Wildman–Crippen LogP) is 2.40. The molecule has 0 spiro atoms. The Morgan fingerprint density at radius 2 is 1.86 bits per heavy atom. The Hall–Kier alpha value is -2.20. The fraction of sp³-hybridized carbons (Fsp3) is 0.294. The lowest BCUT2D eigenvalue weighted by molar-refractivity contribution is 0.171. The second-order valence-electron chi connectivity index (χ2n) is 5.42. The number of aromatic hydroxyl groups is 1. The summed E-state index contributed by atoms with van der Waals surface area (Å²) in [4.78, 5) is 0. The monoisotopic (exact) mass is 283 g/mol. The molecule has 21 heavy (non-hydrogen) atoms. The molecule has 108 valence electrons. The molecule has 2 aliphatic heterocycles. The van der Waals surface area contributed by atoms with Crippen LogP contribution in [-0.4, -0.2) is 24.9 Å². The van der Waals surface area contributed by atoms with E-state index in [2.05, 4.69) is 11.4 Å². The molecule has 0 radical (unpaired) electrons. The Labute approximate surface area is 123 Å². The van der Waals surface area contributed by atoms with E-state index in [1.54, 1.807) is 6.07 Å². The highest BCUT2D eigenvalue weighted by Gasteiger charge is 2.23. The predicted molar refractivity (Wildman–Crippen MR) is 79.1 cm³/mol. The number of benzene rings is 2. The minimum absolute atomic E-state index is 0.0803. The maximum atomic E-state index is 9.77. The van der Waals surface area contributed by atoms with E-state index in [1.807, 2.05) is 24.3 Å². The third-order valence-corrected chi connectivity index (χ3v) is 4.08. The number of nitrogens with one attached hydrogen (secondary N) is 1. The second-order valence-corrected chi connectivity index (χ2v) is 5.42. The van der Waals surface area contributed by atoms with Crippen LogP contribution in [0.1, 0.15) is 22.7 Å². The number of phenolic OH excluding ortho intramolecular Hbond substituents is 1. The van der Waals surface area contributed by atoms with E-state index in [9.17, 15) is 5.11 Å². The van der Waals surface area contributed by atoms with Crippen LogP contribution in [0.15, 0.2) is 36.4 Å². The zero-order valence-electron chi connectivity index (χ0n) is 11.6. The van der Waals surface area contributed by atoms with E-state index in [0.29, 0.717) is 19.0 Å². The number of rotatable bonds is 1. The summed E-state index contributed by atoms with van der Waals surface area (Å²) in [7, 11) is 0. The molecule has 0 saturated heterocycles. The average molecular weight is 283 g/mol. The molecule has 4 heteroatoms. The molecule has 0 aromatic heterocycles. The van der Waals surface area contributed by atoms with Crippen LogP contribution < -0.4 is 14.8 Å². The molecule has 2 aliphatic rings. The van der Waals surface area contributed by atoms with E-state index in [0.717, 1.165) is 35.6 Å².